The van der Waals surface area contributed by atoms with Crippen molar-refractivity contribution >= 4 is 17.6 Å². The van der Waals surface area contributed by atoms with Crippen molar-refractivity contribution in [1.29, 1.82) is 0 Å². The lowest BCUT2D eigenvalue weighted by Gasteiger charge is -2.12. The monoisotopic (exact) mass is 266 g/mol. The summed E-state index contributed by atoms with van der Waals surface area (Å²) in [4.78, 5) is 32.4. The fraction of sp³-hybridized carbons (Fsp3) is 0.333. The van der Waals surface area contributed by atoms with Crippen molar-refractivity contribution < 1.29 is 19.6 Å². The van der Waals surface area contributed by atoms with Gasteiger partial charge in [-0.15, -0.1) is 0 Å². The number of carboxylic acids is 1. The first kappa shape index (κ1) is 14.6. The average Bonchev–Trinajstić information content (AvgIpc) is 2.26. The second kappa shape index (κ2) is 5.94. The minimum atomic E-state index is -1.01. The fourth-order valence-electron chi connectivity index (χ4n) is 1.63. The minimum Gasteiger partial charge on any atom is -0.481 e. The Morgan fingerprint density at radius 1 is 1.47 bits per heavy atom. The number of nitrogens with zero attached hydrogens (tertiary/aromatic N) is 1. The molecule has 102 valence electrons. The first-order valence-corrected chi connectivity index (χ1v) is 5.59. The molecule has 0 aliphatic rings. The summed E-state index contributed by atoms with van der Waals surface area (Å²) in [6.07, 6.45) is -0.183. The molecule has 0 saturated heterocycles. The van der Waals surface area contributed by atoms with Crippen molar-refractivity contribution in [2.24, 2.45) is 0 Å². The molecule has 0 fully saturated rings. The van der Waals surface area contributed by atoms with Gasteiger partial charge in [0.05, 0.1) is 11.3 Å². The Kier molecular flexibility index (Phi) is 4.57. The van der Waals surface area contributed by atoms with E-state index in [4.69, 9.17) is 5.11 Å². The van der Waals surface area contributed by atoms with Crippen LogP contribution in [0.5, 0.6) is 0 Å². The van der Waals surface area contributed by atoms with Crippen LogP contribution < -0.4 is 5.32 Å². The van der Waals surface area contributed by atoms with Gasteiger partial charge in [0.15, 0.2) is 0 Å². The number of hydrogen-bond donors (Lipinski definition) is 2. The van der Waals surface area contributed by atoms with Gasteiger partial charge < -0.3 is 10.4 Å². The molecule has 2 N–H and O–H groups in total. The Morgan fingerprint density at radius 2 is 2.11 bits per heavy atom. The highest BCUT2D eigenvalue weighted by molar-refractivity contribution is 5.96. The molecule has 0 bridgehead atoms. The summed E-state index contributed by atoms with van der Waals surface area (Å²) < 4.78 is 0. The summed E-state index contributed by atoms with van der Waals surface area (Å²) in [5.74, 6) is -1.45. The van der Waals surface area contributed by atoms with E-state index in [1.807, 2.05) is 0 Å². The Bertz CT molecular complexity index is 527. The van der Waals surface area contributed by atoms with Gasteiger partial charge in [-0.3, -0.25) is 19.7 Å². The van der Waals surface area contributed by atoms with E-state index >= 15 is 0 Å². The number of benzene rings is 1. The number of non-ortho nitro benzene ring substituents is 1. The lowest BCUT2D eigenvalue weighted by Crippen LogP contribution is -2.34. The van der Waals surface area contributed by atoms with Gasteiger partial charge in [0.2, 0.25) is 0 Å². The SMILES string of the molecule is Cc1cc([N+](=O)[O-])ccc1C(=O)NC(C)CC(=O)O. The quantitative estimate of drug-likeness (QED) is 0.619. The molecule has 1 rings (SSSR count). The van der Waals surface area contributed by atoms with Gasteiger partial charge in [-0.25, -0.2) is 0 Å². The van der Waals surface area contributed by atoms with Crippen LogP contribution >= 0.6 is 0 Å². The first-order valence-electron chi connectivity index (χ1n) is 5.59. The van der Waals surface area contributed by atoms with Crippen molar-refractivity contribution in [3.8, 4) is 0 Å². The van der Waals surface area contributed by atoms with Gasteiger partial charge in [0.1, 0.15) is 0 Å². The van der Waals surface area contributed by atoms with Gasteiger partial charge >= 0.3 is 5.97 Å². The molecule has 0 heterocycles. The number of nitro groups is 1. The number of nitrogens with one attached hydrogen (secondary N) is 1. The van der Waals surface area contributed by atoms with Crippen molar-refractivity contribution in [3.05, 3.63) is 39.4 Å². The predicted molar refractivity (Wildman–Crippen MR) is 67.0 cm³/mol. The van der Waals surface area contributed by atoms with Gasteiger partial charge in [-0.2, -0.15) is 0 Å². The number of carbonyl (C=O) groups is 2. The second-order valence-corrected chi connectivity index (χ2v) is 4.23. The van der Waals surface area contributed by atoms with E-state index < -0.39 is 22.8 Å². The molecule has 0 aliphatic carbocycles. The molecule has 0 spiro atoms. The molecule has 0 aromatic heterocycles. The highest BCUT2D eigenvalue weighted by Gasteiger charge is 2.16. The van der Waals surface area contributed by atoms with Crippen LogP contribution in [0.25, 0.3) is 0 Å². The number of carboxylic acid groups (broad SMARTS) is 1. The van der Waals surface area contributed by atoms with Crippen LogP contribution in [0.15, 0.2) is 18.2 Å². The number of nitro benzene ring substituents is 1. The van der Waals surface area contributed by atoms with Crippen molar-refractivity contribution in [2.45, 2.75) is 26.3 Å². The molecule has 0 aliphatic heterocycles. The van der Waals surface area contributed by atoms with Gasteiger partial charge in [-0.1, -0.05) is 0 Å². The minimum absolute atomic E-state index is 0.0902. The van der Waals surface area contributed by atoms with Gasteiger partial charge in [0.25, 0.3) is 11.6 Å². The number of rotatable bonds is 5. The summed E-state index contributed by atoms with van der Waals surface area (Å²) in [7, 11) is 0. The summed E-state index contributed by atoms with van der Waals surface area (Å²) in [6.45, 7) is 3.16. The van der Waals surface area contributed by atoms with E-state index in [-0.39, 0.29) is 12.1 Å². The zero-order valence-corrected chi connectivity index (χ0v) is 10.5. The molecule has 7 heteroatoms. The van der Waals surface area contributed by atoms with E-state index in [9.17, 15) is 19.7 Å². The van der Waals surface area contributed by atoms with Crippen molar-refractivity contribution in [1.82, 2.24) is 5.32 Å². The molecule has 1 atom stereocenters. The van der Waals surface area contributed by atoms with Crippen molar-refractivity contribution in [3.63, 3.8) is 0 Å². The topological polar surface area (TPSA) is 110 Å². The summed E-state index contributed by atoms with van der Waals surface area (Å²) >= 11 is 0. The van der Waals surface area contributed by atoms with Gasteiger partial charge in [-0.05, 0) is 25.5 Å². The van der Waals surface area contributed by atoms with Crippen LogP contribution in [0, 0.1) is 17.0 Å². The zero-order chi connectivity index (χ0) is 14.6. The molecule has 1 aromatic carbocycles. The number of carbonyl (C=O) groups excluding carboxylic acids is 1. The zero-order valence-electron chi connectivity index (χ0n) is 10.5. The highest BCUT2D eigenvalue weighted by Crippen LogP contribution is 2.17. The molecule has 1 amide bonds. The number of hydrogen-bond acceptors (Lipinski definition) is 4. The first-order chi connectivity index (χ1) is 8.81. The smallest absolute Gasteiger partial charge is 0.305 e. The van der Waals surface area contributed by atoms with E-state index in [1.54, 1.807) is 13.8 Å². The lowest BCUT2D eigenvalue weighted by atomic mass is 10.1. The van der Waals surface area contributed by atoms with Crippen molar-refractivity contribution in [2.75, 3.05) is 0 Å². The van der Waals surface area contributed by atoms with E-state index in [0.717, 1.165) is 0 Å². The Hall–Kier alpha value is -2.44. The molecule has 7 nitrogen and oxygen atoms in total. The maximum Gasteiger partial charge on any atom is 0.305 e. The van der Waals surface area contributed by atoms with E-state index in [0.29, 0.717) is 11.1 Å². The van der Waals surface area contributed by atoms with Crippen LogP contribution in [0.3, 0.4) is 0 Å². The number of amides is 1. The van der Waals surface area contributed by atoms with Crippen LogP contribution in [-0.4, -0.2) is 27.9 Å². The van der Waals surface area contributed by atoms with Crippen LogP contribution in [0.1, 0.15) is 29.3 Å². The molecule has 0 radical (unpaired) electrons. The summed E-state index contributed by atoms with van der Waals surface area (Å²) in [5, 5.41) is 21.7. The number of aryl methyl sites for hydroxylation is 1. The van der Waals surface area contributed by atoms with Gasteiger partial charge in [0, 0.05) is 23.7 Å². The Balaban J connectivity index is 2.83. The average molecular weight is 266 g/mol. The largest absolute Gasteiger partial charge is 0.481 e. The standard InChI is InChI=1S/C12H14N2O5/c1-7-5-9(14(18)19)3-4-10(7)12(17)13-8(2)6-11(15)16/h3-5,8H,6H2,1-2H3,(H,13,17)(H,15,16). The summed E-state index contributed by atoms with van der Waals surface area (Å²) in [6, 6.07) is 3.39. The second-order valence-electron chi connectivity index (χ2n) is 4.23. The fourth-order valence-corrected chi connectivity index (χ4v) is 1.63. The third-order valence-corrected chi connectivity index (χ3v) is 2.52. The molecule has 1 unspecified atom stereocenters. The summed E-state index contributed by atoms with van der Waals surface area (Å²) in [5.41, 5.74) is 0.671. The Morgan fingerprint density at radius 3 is 2.58 bits per heavy atom. The highest BCUT2D eigenvalue weighted by atomic mass is 16.6. The molecule has 1 aromatic rings. The van der Waals surface area contributed by atoms with Crippen LogP contribution in [0.2, 0.25) is 0 Å². The molecular formula is C12H14N2O5. The molecule has 0 saturated carbocycles. The predicted octanol–water partition coefficient (Wildman–Crippen LogP) is 1.50. The third-order valence-electron chi connectivity index (χ3n) is 2.52. The third kappa shape index (κ3) is 4.06. The number of aliphatic carboxylic acids is 1. The lowest BCUT2D eigenvalue weighted by molar-refractivity contribution is -0.384. The normalized spacial score (nSPS) is 11.7. The molecular weight excluding hydrogens is 252 g/mol. The molecule has 19 heavy (non-hydrogen) atoms. The van der Waals surface area contributed by atoms with E-state index in [2.05, 4.69) is 5.32 Å². The van der Waals surface area contributed by atoms with Crippen LogP contribution in [0.4, 0.5) is 5.69 Å². The maximum absolute atomic E-state index is 11.9. The van der Waals surface area contributed by atoms with E-state index in [1.165, 1.54) is 18.2 Å². The Labute approximate surface area is 109 Å². The van der Waals surface area contributed by atoms with Crippen LogP contribution in [-0.2, 0) is 4.79 Å². The maximum atomic E-state index is 11.9.